The second-order valence-corrected chi connectivity index (χ2v) is 8.10. The normalized spacial score (nSPS) is 14.5. The lowest BCUT2D eigenvalue weighted by Gasteiger charge is -2.25. The van der Waals surface area contributed by atoms with Crippen LogP contribution in [0.4, 0.5) is 0 Å². The van der Waals surface area contributed by atoms with E-state index in [9.17, 15) is 13.2 Å². The fourth-order valence-electron chi connectivity index (χ4n) is 1.71. The maximum atomic E-state index is 11.7. The first-order valence-electron chi connectivity index (χ1n) is 6.43. The third-order valence-corrected chi connectivity index (χ3v) is 5.45. The van der Waals surface area contributed by atoms with Gasteiger partial charge in [-0.3, -0.25) is 4.79 Å². The predicted octanol–water partition coefficient (Wildman–Crippen LogP) is 1.72. The van der Waals surface area contributed by atoms with Gasteiger partial charge in [0.15, 0.2) is 9.84 Å². The van der Waals surface area contributed by atoms with Crippen LogP contribution in [-0.2, 0) is 19.4 Å². The zero-order valence-corrected chi connectivity index (χ0v) is 14.3. The summed E-state index contributed by atoms with van der Waals surface area (Å²) in [5.41, 5.74) is -0.714. The van der Waals surface area contributed by atoms with Crippen LogP contribution >= 0.6 is 11.8 Å². The smallest absolute Gasteiger partial charge is 0.325 e. The van der Waals surface area contributed by atoms with Gasteiger partial charge in [-0.1, -0.05) is 0 Å². The van der Waals surface area contributed by atoms with Gasteiger partial charge >= 0.3 is 5.97 Å². The molecule has 0 spiro atoms. The van der Waals surface area contributed by atoms with Crippen LogP contribution in [0.15, 0.2) is 34.1 Å². The molecule has 5 nitrogen and oxygen atoms in total. The summed E-state index contributed by atoms with van der Waals surface area (Å²) < 4.78 is 27.5. The molecule has 0 aliphatic carbocycles. The molecule has 21 heavy (non-hydrogen) atoms. The maximum Gasteiger partial charge on any atom is 0.325 e. The third kappa shape index (κ3) is 5.01. The van der Waals surface area contributed by atoms with Crippen LogP contribution in [0.1, 0.15) is 13.3 Å². The van der Waals surface area contributed by atoms with E-state index in [2.05, 4.69) is 5.32 Å². The Balaban J connectivity index is 2.62. The minimum Gasteiger partial charge on any atom is -0.468 e. The molecule has 118 valence electrons. The summed E-state index contributed by atoms with van der Waals surface area (Å²) in [5, 5.41) is 2.98. The lowest BCUT2D eigenvalue weighted by atomic mass is 10.00. The number of likely N-dealkylation sites (N-methyl/N-ethyl adjacent to an activating group) is 1. The topological polar surface area (TPSA) is 72.5 Å². The number of benzene rings is 1. The highest BCUT2D eigenvalue weighted by molar-refractivity contribution is 7.99. The van der Waals surface area contributed by atoms with Gasteiger partial charge in [0.05, 0.1) is 12.0 Å². The van der Waals surface area contributed by atoms with E-state index in [1.807, 2.05) is 0 Å². The summed E-state index contributed by atoms with van der Waals surface area (Å²) in [4.78, 5) is 13.0. The van der Waals surface area contributed by atoms with Crippen molar-refractivity contribution >= 4 is 27.6 Å². The van der Waals surface area contributed by atoms with Crippen LogP contribution in [0.5, 0.6) is 0 Å². The highest BCUT2D eigenvalue weighted by Crippen LogP contribution is 2.24. The average molecular weight is 331 g/mol. The van der Waals surface area contributed by atoms with E-state index >= 15 is 0 Å². The number of hydrogen-bond acceptors (Lipinski definition) is 6. The zero-order chi connectivity index (χ0) is 16.1. The van der Waals surface area contributed by atoms with E-state index in [1.165, 1.54) is 13.4 Å². The van der Waals surface area contributed by atoms with Crippen LogP contribution in [0.3, 0.4) is 0 Å². The Morgan fingerprint density at radius 3 is 2.33 bits per heavy atom. The van der Waals surface area contributed by atoms with Crippen molar-refractivity contribution in [2.45, 2.75) is 28.7 Å². The molecule has 1 aromatic rings. The summed E-state index contributed by atoms with van der Waals surface area (Å²) in [7, 11) is -0.0676. The first-order chi connectivity index (χ1) is 9.73. The highest BCUT2D eigenvalue weighted by atomic mass is 32.2. The molecule has 1 unspecified atom stereocenters. The van der Waals surface area contributed by atoms with Gasteiger partial charge in [-0.15, -0.1) is 11.8 Å². The van der Waals surface area contributed by atoms with Crippen molar-refractivity contribution in [2.24, 2.45) is 0 Å². The molecule has 0 aromatic heterocycles. The van der Waals surface area contributed by atoms with E-state index < -0.39 is 15.4 Å². The molecule has 0 heterocycles. The second kappa shape index (κ2) is 7.29. The Morgan fingerprint density at radius 1 is 1.33 bits per heavy atom. The number of methoxy groups -OCH3 is 1. The number of nitrogens with one attached hydrogen (secondary N) is 1. The molecule has 7 heteroatoms. The molecule has 0 fully saturated rings. The van der Waals surface area contributed by atoms with E-state index in [1.54, 1.807) is 50.0 Å². The van der Waals surface area contributed by atoms with E-state index in [4.69, 9.17) is 4.74 Å². The van der Waals surface area contributed by atoms with Gasteiger partial charge < -0.3 is 10.1 Å². The molecule has 1 rings (SSSR count). The summed E-state index contributed by atoms with van der Waals surface area (Å²) in [6.45, 7) is 1.80. The van der Waals surface area contributed by atoms with E-state index in [0.717, 1.165) is 4.90 Å². The lowest BCUT2D eigenvalue weighted by molar-refractivity contribution is -0.147. The minimum atomic E-state index is -3.16. The van der Waals surface area contributed by atoms with Crippen LogP contribution in [0.25, 0.3) is 0 Å². The van der Waals surface area contributed by atoms with Gasteiger partial charge in [0.25, 0.3) is 0 Å². The van der Waals surface area contributed by atoms with Crippen molar-refractivity contribution in [3.63, 3.8) is 0 Å². The molecular formula is C14H21NO4S2. The van der Waals surface area contributed by atoms with Gasteiger partial charge in [-0.25, -0.2) is 8.42 Å². The van der Waals surface area contributed by atoms with Crippen molar-refractivity contribution in [3.05, 3.63) is 24.3 Å². The van der Waals surface area contributed by atoms with Crippen molar-refractivity contribution < 1.29 is 17.9 Å². The zero-order valence-electron chi connectivity index (χ0n) is 12.7. The van der Waals surface area contributed by atoms with Crippen molar-refractivity contribution in [1.29, 1.82) is 0 Å². The SMILES string of the molecule is CNC(C)(CCSc1ccc(S(C)(=O)=O)cc1)C(=O)OC. The monoisotopic (exact) mass is 331 g/mol. The number of rotatable bonds is 7. The fourth-order valence-corrected chi connectivity index (χ4v) is 3.42. The van der Waals surface area contributed by atoms with Crippen LogP contribution in [0.2, 0.25) is 0 Å². The summed E-state index contributed by atoms with van der Waals surface area (Å²) >= 11 is 1.57. The molecule has 0 bridgehead atoms. The first kappa shape index (κ1) is 18.0. The van der Waals surface area contributed by atoms with E-state index in [-0.39, 0.29) is 5.97 Å². The Morgan fingerprint density at radius 2 is 1.90 bits per heavy atom. The van der Waals surface area contributed by atoms with Gasteiger partial charge in [-0.05, 0) is 44.7 Å². The molecular weight excluding hydrogens is 310 g/mol. The number of ether oxygens (including phenoxy) is 1. The second-order valence-electron chi connectivity index (χ2n) is 4.92. The lowest BCUT2D eigenvalue weighted by Crippen LogP contribution is -2.48. The molecule has 0 saturated heterocycles. The number of hydrogen-bond donors (Lipinski definition) is 1. The largest absolute Gasteiger partial charge is 0.468 e. The van der Waals surface area contributed by atoms with Gasteiger partial charge in [0.2, 0.25) is 0 Å². The predicted molar refractivity (Wildman–Crippen MR) is 84.4 cm³/mol. The van der Waals surface area contributed by atoms with Gasteiger partial charge in [0, 0.05) is 16.9 Å². The summed E-state index contributed by atoms with van der Waals surface area (Å²) in [6.07, 6.45) is 1.79. The first-order valence-corrected chi connectivity index (χ1v) is 9.31. The Bertz CT molecular complexity index is 583. The molecule has 0 saturated carbocycles. The maximum absolute atomic E-state index is 11.7. The quantitative estimate of drug-likeness (QED) is 0.606. The number of sulfone groups is 1. The van der Waals surface area contributed by atoms with Gasteiger partial charge in [0.1, 0.15) is 5.54 Å². The molecule has 0 aliphatic heterocycles. The Labute approximate surface area is 130 Å². The highest BCUT2D eigenvalue weighted by Gasteiger charge is 2.31. The van der Waals surface area contributed by atoms with Crippen LogP contribution in [-0.4, -0.2) is 46.1 Å². The number of carbonyl (C=O) groups excluding carboxylic acids is 1. The summed E-state index contributed by atoms with van der Waals surface area (Å²) in [5.74, 6) is 0.419. The van der Waals surface area contributed by atoms with E-state index in [0.29, 0.717) is 17.1 Å². The van der Waals surface area contributed by atoms with Crippen molar-refractivity contribution in [3.8, 4) is 0 Å². The number of esters is 1. The van der Waals surface area contributed by atoms with Crippen molar-refractivity contribution in [1.82, 2.24) is 5.32 Å². The Kier molecular flexibility index (Phi) is 6.24. The minimum absolute atomic E-state index is 0.293. The molecule has 0 amide bonds. The number of carbonyl (C=O) groups is 1. The van der Waals surface area contributed by atoms with Gasteiger partial charge in [-0.2, -0.15) is 0 Å². The summed E-state index contributed by atoms with van der Waals surface area (Å²) in [6, 6.07) is 6.73. The Hall–Kier alpha value is -1.05. The third-order valence-electron chi connectivity index (χ3n) is 3.31. The molecule has 1 N–H and O–H groups in total. The van der Waals surface area contributed by atoms with Crippen molar-refractivity contribution in [2.75, 3.05) is 26.2 Å². The molecule has 0 radical (unpaired) electrons. The molecule has 0 aliphatic rings. The standard InChI is InChI=1S/C14H21NO4S2/c1-14(15-2,13(16)19-3)9-10-20-11-5-7-12(8-6-11)21(4,17)18/h5-8,15H,9-10H2,1-4H3. The van der Waals surface area contributed by atoms with Crippen LogP contribution < -0.4 is 5.32 Å². The average Bonchev–Trinajstić information content (AvgIpc) is 2.45. The molecule has 1 aromatic carbocycles. The molecule has 1 atom stereocenters. The number of thioether (sulfide) groups is 1. The fraction of sp³-hybridized carbons (Fsp3) is 0.500. The van der Waals surface area contributed by atoms with Crippen LogP contribution in [0, 0.1) is 0 Å².